The second-order valence-corrected chi connectivity index (χ2v) is 6.41. The number of sulfonamides is 1. The van der Waals surface area contributed by atoms with Gasteiger partial charge in [-0.3, -0.25) is 0 Å². The molecule has 1 rings (SSSR count). The molecule has 1 aromatic heterocycles. The SMILES string of the molecule is CNS(=O)(=O)CCNCc1ccc(CSC)o1. The molecule has 0 saturated carbocycles. The summed E-state index contributed by atoms with van der Waals surface area (Å²) in [6.45, 7) is 0.954. The van der Waals surface area contributed by atoms with Crippen LogP contribution < -0.4 is 10.0 Å². The van der Waals surface area contributed by atoms with Gasteiger partial charge in [-0.2, -0.15) is 11.8 Å². The third-order valence-electron chi connectivity index (χ3n) is 2.16. The summed E-state index contributed by atoms with van der Waals surface area (Å²) >= 11 is 1.70. The Hall–Kier alpha value is -0.500. The molecule has 1 heterocycles. The van der Waals surface area contributed by atoms with Gasteiger partial charge in [0.15, 0.2) is 0 Å². The fourth-order valence-corrected chi connectivity index (χ4v) is 2.31. The van der Waals surface area contributed by atoms with Gasteiger partial charge in [0.2, 0.25) is 10.0 Å². The molecule has 0 aliphatic carbocycles. The zero-order valence-electron chi connectivity index (χ0n) is 10.0. The van der Waals surface area contributed by atoms with Crippen LogP contribution in [-0.4, -0.2) is 34.0 Å². The van der Waals surface area contributed by atoms with Crippen molar-refractivity contribution < 1.29 is 12.8 Å². The average Bonchev–Trinajstić information content (AvgIpc) is 2.73. The zero-order chi connectivity index (χ0) is 12.7. The van der Waals surface area contributed by atoms with Crippen molar-refractivity contribution in [1.29, 1.82) is 0 Å². The van der Waals surface area contributed by atoms with Crippen LogP contribution in [0.15, 0.2) is 16.5 Å². The molecule has 0 bridgehead atoms. The summed E-state index contributed by atoms with van der Waals surface area (Å²) in [7, 11) is -1.71. The van der Waals surface area contributed by atoms with Crippen molar-refractivity contribution in [3.05, 3.63) is 23.7 Å². The molecular weight excluding hydrogens is 260 g/mol. The van der Waals surface area contributed by atoms with E-state index in [0.717, 1.165) is 17.3 Å². The largest absolute Gasteiger partial charge is 0.464 e. The van der Waals surface area contributed by atoms with Crippen molar-refractivity contribution in [2.75, 3.05) is 25.6 Å². The van der Waals surface area contributed by atoms with E-state index >= 15 is 0 Å². The number of hydrogen-bond donors (Lipinski definition) is 2. The monoisotopic (exact) mass is 278 g/mol. The van der Waals surface area contributed by atoms with E-state index in [1.165, 1.54) is 7.05 Å². The van der Waals surface area contributed by atoms with Gasteiger partial charge in [-0.25, -0.2) is 13.1 Å². The summed E-state index contributed by atoms with van der Waals surface area (Å²) in [4.78, 5) is 0. The first kappa shape index (κ1) is 14.6. The molecular formula is C10H18N2O3S2. The number of furan rings is 1. The lowest BCUT2D eigenvalue weighted by molar-refractivity contribution is 0.462. The molecule has 0 aliphatic rings. The molecule has 0 saturated heterocycles. The molecule has 0 aliphatic heterocycles. The Balaban J connectivity index is 2.26. The molecule has 0 fully saturated rings. The van der Waals surface area contributed by atoms with E-state index in [1.54, 1.807) is 11.8 Å². The molecule has 2 N–H and O–H groups in total. The van der Waals surface area contributed by atoms with E-state index in [9.17, 15) is 8.42 Å². The summed E-state index contributed by atoms with van der Waals surface area (Å²) in [6, 6.07) is 3.85. The zero-order valence-corrected chi connectivity index (χ0v) is 11.7. The van der Waals surface area contributed by atoms with E-state index < -0.39 is 10.0 Å². The molecule has 0 spiro atoms. The molecule has 7 heteroatoms. The highest BCUT2D eigenvalue weighted by Crippen LogP contribution is 2.12. The van der Waals surface area contributed by atoms with Gasteiger partial charge in [0.05, 0.1) is 18.1 Å². The van der Waals surface area contributed by atoms with Gasteiger partial charge in [0, 0.05) is 6.54 Å². The summed E-state index contributed by atoms with van der Waals surface area (Å²) in [5, 5.41) is 3.03. The lowest BCUT2D eigenvalue weighted by Crippen LogP contribution is -2.29. The molecule has 98 valence electrons. The minimum absolute atomic E-state index is 0.0713. The number of nitrogens with one attached hydrogen (secondary N) is 2. The molecule has 5 nitrogen and oxygen atoms in total. The first-order chi connectivity index (χ1) is 8.07. The minimum atomic E-state index is -3.12. The maximum absolute atomic E-state index is 11.1. The van der Waals surface area contributed by atoms with Gasteiger partial charge in [0.25, 0.3) is 0 Å². The first-order valence-corrected chi connectivity index (χ1v) is 8.30. The van der Waals surface area contributed by atoms with Crippen molar-refractivity contribution in [3.8, 4) is 0 Å². The van der Waals surface area contributed by atoms with Crippen LogP contribution in [0.1, 0.15) is 11.5 Å². The maximum atomic E-state index is 11.1. The second-order valence-electron chi connectivity index (χ2n) is 3.50. The topological polar surface area (TPSA) is 71.3 Å². The van der Waals surface area contributed by atoms with Crippen molar-refractivity contribution in [2.45, 2.75) is 12.3 Å². The van der Waals surface area contributed by atoms with Gasteiger partial charge in [0.1, 0.15) is 11.5 Å². The smallest absolute Gasteiger partial charge is 0.212 e. The molecule has 0 aromatic carbocycles. The van der Waals surface area contributed by atoms with E-state index in [1.807, 2.05) is 18.4 Å². The van der Waals surface area contributed by atoms with E-state index in [4.69, 9.17) is 4.42 Å². The Morgan fingerprint density at radius 1 is 1.35 bits per heavy atom. The van der Waals surface area contributed by atoms with Gasteiger partial charge >= 0.3 is 0 Å². The van der Waals surface area contributed by atoms with Crippen LogP contribution in [0.4, 0.5) is 0 Å². The maximum Gasteiger partial charge on any atom is 0.212 e. The Kier molecular flexibility index (Phi) is 6.04. The Morgan fingerprint density at radius 2 is 2.06 bits per heavy atom. The predicted octanol–water partition coefficient (Wildman–Crippen LogP) is 0.781. The fraction of sp³-hybridized carbons (Fsp3) is 0.600. The molecule has 17 heavy (non-hydrogen) atoms. The lowest BCUT2D eigenvalue weighted by Gasteiger charge is -2.03. The lowest BCUT2D eigenvalue weighted by atomic mass is 10.4. The number of hydrogen-bond acceptors (Lipinski definition) is 5. The van der Waals surface area contributed by atoms with Crippen LogP contribution in [-0.2, 0) is 22.3 Å². The fourth-order valence-electron chi connectivity index (χ4n) is 1.26. The third kappa shape index (κ3) is 5.58. The van der Waals surface area contributed by atoms with E-state index in [2.05, 4.69) is 10.0 Å². The highest BCUT2D eigenvalue weighted by molar-refractivity contribution is 7.97. The average molecular weight is 278 g/mol. The van der Waals surface area contributed by atoms with E-state index in [-0.39, 0.29) is 5.75 Å². The van der Waals surface area contributed by atoms with Gasteiger partial charge in [-0.15, -0.1) is 0 Å². The second kappa shape index (κ2) is 7.05. The normalized spacial score (nSPS) is 11.9. The Labute approximate surface area is 106 Å². The molecule has 0 amide bonds. The first-order valence-electron chi connectivity index (χ1n) is 5.26. The van der Waals surface area contributed by atoms with Crippen molar-refractivity contribution in [1.82, 2.24) is 10.0 Å². The summed E-state index contributed by atoms with van der Waals surface area (Å²) in [6.07, 6.45) is 2.02. The predicted molar refractivity (Wildman–Crippen MR) is 70.5 cm³/mol. The number of rotatable bonds is 8. The van der Waals surface area contributed by atoms with Crippen LogP contribution in [0.3, 0.4) is 0 Å². The third-order valence-corrected chi connectivity index (χ3v) is 4.10. The van der Waals surface area contributed by atoms with Crippen LogP contribution in [0.25, 0.3) is 0 Å². The van der Waals surface area contributed by atoms with Crippen LogP contribution in [0.5, 0.6) is 0 Å². The van der Waals surface area contributed by atoms with Crippen molar-refractivity contribution in [3.63, 3.8) is 0 Å². The van der Waals surface area contributed by atoms with Gasteiger partial charge in [-0.05, 0) is 25.4 Å². The number of thioether (sulfide) groups is 1. The molecule has 0 atom stereocenters. The molecule has 0 unspecified atom stereocenters. The van der Waals surface area contributed by atoms with Crippen molar-refractivity contribution in [2.24, 2.45) is 0 Å². The quantitative estimate of drug-likeness (QED) is 0.688. The summed E-state index contributed by atoms with van der Waals surface area (Å²) in [5.41, 5.74) is 0. The molecule has 1 aromatic rings. The van der Waals surface area contributed by atoms with Gasteiger partial charge in [-0.1, -0.05) is 0 Å². The van der Waals surface area contributed by atoms with Gasteiger partial charge < -0.3 is 9.73 Å². The molecule has 0 radical (unpaired) electrons. The van der Waals surface area contributed by atoms with E-state index in [0.29, 0.717) is 13.1 Å². The summed E-state index contributed by atoms with van der Waals surface area (Å²) < 4.78 is 30.0. The van der Waals surface area contributed by atoms with Crippen LogP contribution >= 0.6 is 11.8 Å². The summed E-state index contributed by atoms with van der Waals surface area (Å²) in [5.74, 6) is 2.70. The standard InChI is InChI=1S/C10H18N2O3S2/c1-11-17(13,14)6-5-12-7-9-3-4-10(15-9)8-16-2/h3-4,11-12H,5-8H2,1-2H3. The Bertz CT molecular complexity index is 429. The van der Waals surface area contributed by atoms with Crippen LogP contribution in [0, 0.1) is 0 Å². The van der Waals surface area contributed by atoms with Crippen molar-refractivity contribution >= 4 is 21.8 Å². The highest BCUT2D eigenvalue weighted by Gasteiger charge is 2.06. The highest BCUT2D eigenvalue weighted by atomic mass is 32.2. The minimum Gasteiger partial charge on any atom is -0.464 e. The Morgan fingerprint density at radius 3 is 2.71 bits per heavy atom. The van der Waals surface area contributed by atoms with Crippen LogP contribution in [0.2, 0.25) is 0 Å².